The Morgan fingerprint density at radius 3 is 2.74 bits per heavy atom. The average Bonchev–Trinajstić information content (AvgIpc) is 3.26. The van der Waals surface area contributed by atoms with Crippen molar-refractivity contribution in [1.29, 1.82) is 0 Å². The fraction of sp³-hybridized carbons (Fsp3) is 0.400. The van der Waals surface area contributed by atoms with E-state index >= 15 is 0 Å². The molecule has 4 nitrogen and oxygen atoms in total. The average molecular weight is 258 g/mol. The van der Waals surface area contributed by atoms with Gasteiger partial charge < -0.3 is 15.4 Å². The van der Waals surface area contributed by atoms with Gasteiger partial charge in [-0.1, -0.05) is 18.1 Å². The van der Waals surface area contributed by atoms with Crippen molar-refractivity contribution >= 4 is 5.91 Å². The zero-order valence-corrected chi connectivity index (χ0v) is 10.8. The van der Waals surface area contributed by atoms with Crippen molar-refractivity contribution < 1.29 is 9.53 Å². The summed E-state index contributed by atoms with van der Waals surface area (Å²) >= 11 is 0. The second-order valence-corrected chi connectivity index (χ2v) is 4.57. The fourth-order valence-corrected chi connectivity index (χ4v) is 1.60. The highest BCUT2D eigenvalue weighted by Crippen LogP contribution is 2.19. The summed E-state index contributed by atoms with van der Waals surface area (Å²) in [6.45, 7) is 1.10. The minimum absolute atomic E-state index is 0.0125. The van der Waals surface area contributed by atoms with Gasteiger partial charge in [-0.15, -0.1) is 6.42 Å². The van der Waals surface area contributed by atoms with Crippen LogP contribution in [0.1, 0.15) is 18.4 Å². The third kappa shape index (κ3) is 5.02. The minimum Gasteiger partial charge on any atom is -0.484 e. The van der Waals surface area contributed by atoms with E-state index < -0.39 is 0 Å². The van der Waals surface area contributed by atoms with E-state index in [1.807, 2.05) is 24.3 Å². The van der Waals surface area contributed by atoms with Gasteiger partial charge >= 0.3 is 0 Å². The molecular formula is C15H18N2O2. The highest BCUT2D eigenvalue weighted by molar-refractivity contribution is 5.77. The first-order valence-electron chi connectivity index (χ1n) is 6.43. The minimum atomic E-state index is -0.211. The lowest BCUT2D eigenvalue weighted by Gasteiger charge is -2.07. The third-order valence-electron chi connectivity index (χ3n) is 2.85. The summed E-state index contributed by atoms with van der Waals surface area (Å²) in [5, 5.41) is 5.99. The van der Waals surface area contributed by atoms with Gasteiger partial charge in [-0.3, -0.25) is 4.79 Å². The molecule has 0 spiro atoms. The predicted octanol–water partition coefficient (Wildman–Crippen LogP) is 1.07. The zero-order chi connectivity index (χ0) is 13.5. The Balaban J connectivity index is 1.71. The number of benzene rings is 1. The number of carbonyl (C=O) groups excluding carboxylic acids is 1. The Hall–Kier alpha value is -1.99. The quantitative estimate of drug-likeness (QED) is 0.719. The van der Waals surface area contributed by atoms with Gasteiger partial charge in [0.1, 0.15) is 5.75 Å². The van der Waals surface area contributed by atoms with Crippen LogP contribution in [-0.2, 0) is 11.3 Å². The zero-order valence-electron chi connectivity index (χ0n) is 10.8. The molecule has 0 unspecified atom stereocenters. The second kappa shape index (κ2) is 6.81. The maximum Gasteiger partial charge on any atom is 0.258 e. The fourth-order valence-electron chi connectivity index (χ4n) is 1.60. The molecule has 100 valence electrons. The van der Waals surface area contributed by atoms with Crippen molar-refractivity contribution in [2.24, 2.45) is 0 Å². The van der Waals surface area contributed by atoms with Crippen LogP contribution in [0.5, 0.6) is 5.75 Å². The van der Waals surface area contributed by atoms with Crippen LogP contribution in [0.4, 0.5) is 0 Å². The number of terminal acetylenes is 1. The summed E-state index contributed by atoms with van der Waals surface area (Å²) in [7, 11) is 0. The molecule has 1 aliphatic rings. The summed E-state index contributed by atoms with van der Waals surface area (Å²) in [6.07, 6.45) is 7.61. The predicted molar refractivity (Wildman–Crippen MR) is 73.6 cm³/mol. The lowest BCUT2D eigenvalue weighted by Crippen LogP contribution is -2.29. The lowest BCUT2D eigenvalue weighted by atomic mass is 10.2. The number of rotatable bonds is 7. The molecule has 0 aromatic heterocycles. The molecule has 0 atom stereocenters. The number of hydrogen-bond acceptors (Lipinski definition) is 3. The lowest BCUT2D eigenvalue weighted by molar-refractivity contribution is -0.122. The van der Waals surface area contributed by atoms with Gasteiger partial charge in [0, 0.05) is 12.6 Å². The van der Waals surface area contributed by atoms with Crippen molar-refractivity contribution in [2.75, 3.05) is 13.2 Å². The Kier molecular flexibility index (Phi) is 4.82. The first kappa shape index (κ1) is 13.4. The molecule has 0 saturated heterocycles. The van der Waals surface area contributed by atoms with Crippen LogP contribution in [0.2, 0.25) is 0 Å². The summed E-state index contributed by atoms with van der Waals surface area (Å²) in [5.74, 6) is 2.81. The molecule has 1 aromatic carbocycles. The van der Waals surface area contributed by atoms with E-state index in [0.717, 1.165) is 6.54 Å². The number of nitrogens with one attached hydrogen (secondary N) is 2. The van der Waals surface area contributed by atoms with Crippen LogP contribution in [0, 0.1) is 12.3 Å². The highest BCUT2D eigenvalue weighted by atomic mass is 16.5. The molecule has 2 rings (SSSR count). The van der Waals surface area contributed by atoms with Crippen LogP contribution in [0.15, 0.2) is 24.3 Å². The molecule has 1 fully saturated rings. The van der Waals surface area contributed by atoms with Crippen LogP contribution in [0.3, 0.4) is 0 Å². The first-order chi connectivity index (χ1) is 9.28. The van der Waals surface area contributed by atoms with Crippen LogP contribution < -0.4 is 15.4 Å². The van der Waals surface area contributed by atoms with Gasteiger partial charge in [-0.2, -0.15) is 0 Å². The van der Waals surface area contributed by atoms with Gasteiger partial charge in [0.25, 0.3) is 5.91 Å². The van der Waals surface area contributed by atoms with Crippen molar-refractivity contribution in [1.82, 2.24) is 10.6 Å². The molecule has 0 heterocycles. The molecule has 0 radical (unpaired) electrons. The van der Waals surface area contributed by atoms with Gasteiger partial charge in [0.2, 0.25) is 0 Å². The van der Waals surface area contributed by atoms with Gasteiger partial charge in [-0.25, -0.2) is 0 Å². The second-order valence-electron chi connectivity index (χ2n) is 4.57. The van der Waals surface area contributed by atoms with E-state index in [2.05, 4.69) is 16.6 Å². The number of ether oxygens (including phenoxy) is 1. The Bertz CT molecular complexity index is 458. The Morgan fingerprint density at radius 2 is 2.11 bits per heavy atom. The molecule has 4 heteroatoms. The summed E-state index contributed by atoms with van der Waals surface area (Å²) in [6, 6.07) is 8.46. The largest absolute Gasteiger partial charge is 0.484 e. The number of hydrogen-bond donors (Lipinski definition) is 2. The SMILES string of the molecule is C#CCNC(=O)COc1ccc(CNC2CC2)cc1. The van der Waals surface area contributed by atoms with Crippen molar-refractivity contribution in [2.45, 2.75) is 25.4 Å². The van der Waals surface area contributed by atoms with E-state index in [0.29, 0.717) is 11.8 Å². The van der Waals surface area contributed by atoms with Crippen molar-refractivity contribution in [3.05, 3.63) is 29.8 Å². The monoisotopic (exact) mass is 258 g/mol. The highest BCUT2D eigenvalue weighted by Gasteiger charge is 2.19. The van der Waals surface area contributed by atoms with Crippen LogP contribution in [-0.4, -0.2) is 25.1 Å². The van der Waals surface area contributed by atoms with E-state index in [-0.39, 0.29) is 19.1 Å². The smallest absolute Gasteiger partial charge is 0.258 e. The maximum atomic E-state index is 11.3. The molecule has 1 saturated carbocycles. The molecule has 0 bridgehead atoms. The van der Waals surface area contributed by atoms with Crippen molar-refractivity contribution in [3.8, 4) is 18.1 Å². The normalized spacial score (nSPS) is 13.6. The van der Waals surface area contributed by atoms with Gasteiger partial charge in [0.05, 0.1) is 6.54 Å². The first-order valence-corrected chi connectivity index (χ1v) is 6.43. The maximum absolute atomic E-state index is 11.3. The molecule has 1 aliphatic carbocycles. The Labute approximate surface area is 113 Å². The van der Waals surface area contributed by atoms with E-state index in [4.69, 9.17) is 11.2 Å². The van der Waals surface area contributed by atoms with Gasteiger partial charge in [-0.05, 0) is 30.5 Å². The van der Waals surface area contributed by atoms with Crippen LogP contribution >= 0.6 is 0 Å². The third-order valence-corrected chi connectivity index (χ3v) is 2.85. The summed E-state index contributed by atoms with van der Waals surface area (Å²) in [4.78, 5) is 11.3. The number of carbonyl (C=O) groups is 1. The molecule has 19 heavy (non-hydrogen) atoms. The van der Waals surface area contributed by atoms with E-state index in [1.165, 1.54) is 18.4 Å². The van der Waals surface area contributed by atoms with E-state index in [9.17, 15) is 4.79 Å². The van der Waals surface area contributed by atoms with E-state index in [1.54, 1.807) is 0 Å². The van der Waals surface area contributed by atoms with Crippen LogP contribution in [0.25, 0.3) is 0 Å². The molecule has 0 aliphatic heterocycles. The van der Waals surface area contributed by atoms with Gasteiger partial charge in [0.15, 0.2) is 6.61 Å². The number of amides is 1. The molecule has 1 amide bonds. The summed E-state index contributed by atoms with van der Waals surface area (Å²) < 4.78 is 5.36. The Morgan fingerprint density at radius 1 is 1.37 bits per heavy atom. The standard InChI is InChI=1S/C15H18N2O2/c1-2-9-16-15(18)11-19-14-7-3-12(4-8-14)10-17-13-5-6-13/h1,3-4,7-8,13,17H,5-6,9-11H2,(H,16,18). The van der Waals surface area contributed by atoms with Crippen molar-refractivity contribution in [3.63, 3.8) is 0 Å². The summed E-state index contributed by atoms with van der Waals surface area (Å²) in [5.41, 5.74) is 1.22. The topological polar surface area (TPSA) is 50.4 Å². The molecule has 1 aromatic rings. The molecular weight excluding hydrogens is 240 g/mol. The molecule has 2 N–H and O–H groups in total.